The van der Waals surface area contributed by atoms with Crippen molar-refractivity contribution in [2.75, 3.05) is 6.61 Å². The molecule has 0 saturated heterocycles. The van der Waals surface area contributed by atoms with E-state index in [2.05, 4.69) is 4.98 Å². The maximum absolute atomic E-state index is 11.4. The van der Waals surface area contributed by atoms with Gasteiger partial charge in [-0.3, -0.25) is 9.78 Å². The largest absolute Gasteiger partial charge is 0.465 e. The van der Waals surface area contributed by atoms with Gasteiger partial charge in [-0.1, -0.05) is 6.07 Å². The van der Waals surface area contributed by atoms with Gasteiger partial charge in [-0.05, 0) is 31.0 Å². The van der Waals surface area contributed by atoms with Gasteiger partial charge in [0.1, 0.15) is 6.04 Å². The summed E-state index contributed by atoms with van der Waals surface area (Å²) in [5.41, 5.74) is 7.59. The van der Waals surface area contributed by atoms with Crippen LogP contribution in [0.25, 0.3) is 11.1 Å². The molecule has 18 heavy (non-hydrogen) atoms. The fraction of sp³-hybridized carbons (Fsp3) is 0.333. The molecule has 0 radical (unpaired) electrons. The summed E-state index contributed by atoms with van der Waals surface area (Å²) >= 11 is 0. The summed E-state index contributed by atoms with van der Waals surface area (Å²) in [6.07, 6.45) is 0.337. The van der Waals surface area contributed by atoms with Crippen LogP contribution in [-0.2, 0) is 16.0 Å². The van der Waals surface area contributed by atoms with E-state index in [1.54, 1.807) is 25.1 Å². The maximum Gasteiger partial charge on any atom is 0.417 e. The van der Waals surface area contributed by atoms with Crippen molar-refractivity contribution in [3.05, 3.63) is 34.3 Å². The summed E-state index contributed by atoms with van der Waals surface area (Å²) in [7, 11) is 0. The zero-order valence-electron chi connectivity index (χ0n) is 9.93. The van der Waals surface area contributed by atoms with Crippen molar-refractivity contribution in [2.24, 2.45) is 5.73 Å². The number of rotatable bonds is 4. The van der Waals surface area contributed by atoms with Gasteiger partial charge in [-0.25, -0.2) is 4.79 Å². The molecule has 6 nitrogen and oxygen atoms in total. The van der Waals surface area contributed by atoms with Gasteiger partial charge in [-0.15, -0.1) is 0 Å². The van der Waals surface area contributed by atoms with Crippen LogP contribution in [0.15, 0.2) is 27.4 Å². The molecule has 0 saturated carbocycles. The van der Waals surface area contributed by atoms with E-state index >= 15 is 0 Å². The molecule has 3 N–H and O–H groups in total. The molecule has 6 heteroatoms. The minimum Gasteiger partial charge on any atom is -0.465 e. The molecule has 1 heterocycles. The fourth-order valence-electron chi connectivity index (χ4n) is 1.70. The van der Waals surface area contributed by atoms with E-state index in [0.717, 1.165) is 5.56 Å². The topological polar surface area (TPSA) is 98.3 Å². The monoisotopic (exact) mass is 250 g/mol. The van der Waals surface area contributed by atoms with Crippen LogP contribution >= 0.6 is 0 Å². The van der Waals surface area contributed by atoms with Crippen molar-refractivity contribution in [1.82, 2.24) is 4.98 Å². The second-order valence-electron chi connectivity index (χ2n) is 3.91. The second kappa shape index (κ2) is 5.05. The number of benzene rings is 1. The number of hydrogen-bond acceptors (Lipinski definition) is 5. The average molecular weight is 250 g/mol. The lowest BCUT2D eigenvalue weighted by molar-refractivity contribution is -0.144. The molecule has 1 atom stereocenters. The Bertz CT molecular complexity index is 614. The first-order valence-corrected chi connectivity index (χ1v) is 5.64. The number of H-pyrrole nitrogens is 1. The van der Waals surface area contributed by atoms with Crippen molar-refractivity contribution < 1.29 is 13.9 Å². The number of carbonyl (C=O) groups is 1. The third-order valence-electron chi connectivity index (χ3n) is 2.53. The third kappa shape index (κ3) is 2.60. The third-order valence-corrected chi connectivity index (χ3v) is 2.53. The predicted molar refractivity (Wildman–Crippen MR) is 65.1 cm³/mol. The fourth-order valence-corrected chi connectivity index (χ4v) is 1.70. The normalized spacial score (nSPS) is 12.6. The van der Waals surface area contributed by atoms with Gasteiger partial charge in [0.2, 0.25) is 0 Å². The standard InChI is InChI=1S/C12H14N2O4/c1-2-17-11(15)8(13)5-7-3-4-9-10(6-7)18-12(16)14-9/h3-4,6,8H,2,5,13H2,1H3,(H,14,16)/t8-/m0/s1. The van der Waals surface area contributed by atoms with E-state index in [4.69, 9.17) is 14.9 Å². The molecule has 0 unspecified atom stereocenters. The minimum absolute atomic E-state index is 0.304. The smallest absolute Gasteiger partial charge is 0.417 e. The lowest BCUT2D eigenvalue weighted by atomic mass is 10.1. The van der Waals surface area contributed by atoms with Crippen molar-refractivity contribution in [3.8, 4) is 0 Å². The zero-order chi connectivity index (χ0) is 13.1. The number of carbonyl (C=O) groups excluding carboxylic acids is 1. The summed E-state index contributed by atoms with van der Waals surface area (Å²) in [5.74, 6) is -0.940. The second-order valence-corrected chi connectivity index (χ2v) is 3.91. The number of oxazole rings is 1. The number of aromatic nitrogens is 1. The molecular formula is C12H14N2O4. The first-order valence-electron chi connectivity index (χ1n) is 5.64. The molecule has 0 spiro atoms. The summed E-state index contributed by atoms with van der Waals surface area (Å²) in [5, 5.41) is 0. The molecule has 2 rings (SSSR count). The first kappa shape index (κ1) is 12.4. The predicted octanol–water partition coefficient (Wildman–Crippen LogP) is 0.554. The van der Waals surface area contributed by atoms with Crippen LogP contribution in [0.4, 0.5) is 0 Å². The van der Waals surface area contributed by atoms with E-state index in [-0.39, 0.29) is 0 Å². The van der Waals surface area contributed by atoms with Crippen molar-refractivity contribution in [3.63, 3.8) is 0 Å². The van der Waals surface area contributed by atoms with Crippen LogP contribution in [0.5, 0.6) is 0 Å². The van der Waals surface area contributed by atoms with Crippen LogP contribution in [0, 0.1) is 0 Å². The van der Waals surface area contributed by atoms with E-state index in [1.807, 2.05) is 0 Å². The Morgan fingerprint density at radius 3 is 3.06 bits per heavy atom. The number of fused-ring (bicyclic) bond motifs is 1. The van der Waals surface area contributed by atoms with E-state index in [9.17, 15) is 9.59 Å². The molecule has 0 aliphatic heterocycles. The lowest BCUT2D eigenvalue weighted by Gasteiger charge is -2.10. The van der Waals surface area contributed by atoms with Gasteiger partial charge in [0.15, 0.2) is 5.58 Å². The molecular weight excluding hydrogens is 236 g/mol. The van der Waals surface area contributed by atoms with Gasteiger partial charge in [0.05, 0.1) is 12.1 Å². The lowest BCUT2D eigenvalue weighted by Crippen LogP contribution is -2.34. The first-order chi connectivity index (χ1) is 8.60. The average Bonchev–Trinajstić information content (AvgIpc) is 2.68. The van der Waals surface area contributed by atoms with E-state index in [1.165, 1.54) is 0 Å². The summed E-state index contributed by atoms with van der Waals surface area (Å²) in [6, 6.07) is 4.47. The summed E-state index contributed by atoms with van der Waals surface area (Å²) in [6.45, 7) is 2.03. The van der Waals surface area contributed by atoms with Crippen LogP contribution in [-0.4, -0.2) is 23.6 Å². The molecule has 0 fully saturated rings. The van der Waals surface area contributed by atoms with Crippen molar-refractivity contribution in [1.29, 1.82) is 0 Å². The molecule has 96 valence electrons. The number of esters is 1. The van der Waals surface area contributed by atoms with Crippen molar-refractivity contribution >= 4 is 17.1 Å². The van der Waals surface area contributed by atoms with Crippen LogP contribution in [0.3, 0.4) is 0 Å². The number of hydrogen-bond donors (Lipinski definition) is 2. The van der Waals surface area contributed by atoms with E-state index in [0.29, 0.717) is 24.1 Å². The highest BCUT2D eigenvalue weighted by Crippen LogP contribution is 2.13. The van der Waals surface area contributed by atoms with Gasteiger partial charge >= 0.3 is 11.7 Å². The SMILES string of the molecule is CCOC(=O)[C@@H](N)Cc1ccc2[nH]c(=O)oc2c1. The Balaban J connectivity index is 2.16. The minimum atomic E-state index is -0.715. The Labute approximate surface area is 103 Å². The number of aromatic amines is 1. The Morgan fingerprint density at radius 2 is 2.33 bits per heavy atom. The molecule has 2 aromatic rings. The summed E-state index contributed by atoms with van der Waals surface area (Å²) < 4.78 is 9.75. The number of ether oxygens (including phenoxy) is 1. The Kier molecular flexibility index (Phi) is 3.47. The molecule has 0 amide bonds. The van der Waals surface area contributed by atoms with Crippen LogP contribution in [0.2, 0.25) is 0 Å². The Morgan fingerprint density at radius 1 is 1.56 bits per heavy atom. The number of nitrogens with one attached hydrogen (secondary N) is 1. The van der Waals surface area contributed by atoms with Crippen LogP contribution < -0.4 is 11.5 Å². The zero-order valence-corrected chi connectivity index (χ0v) is 9.93. The van der Waals surface area contributed by atoms with Gasteiger partial charge < -0.3 is 14.9 Å². The quantitative estimate of drug-likeness (QED) is 0.772. The summed E-state index contributed by atoms with van der Waals surface area (Å²) in [4.78, 5) is 24.9. The molecule has 0 aliphatic rings. The molecule has 0 bridgehead atoms. The van der Waals surface area contributed by atoms with Gasteiger partial charge in [-0.2, -0.15) is 0 Å². The molecule has 1 aromatic heterocycles. The highest BCUT2D eigenvalue weighted by molar-refractivity contribution is 5.77. The highest BCUT2D eigenvalue weighted by atomic mass is 16.5. The highest BCUT2D eigenvalue weighted by Gasteiger charge is 2.15. The van der Waals surface area contributed by atoms with Crippen molar-refractivity contribution in [2.45, 2.75) is 19.4 Å². The van der Waals surface area contributed by atoms with Gasteiger partial charge in [0.25, 0.3) is 0 Å². The Hall–Kier alpha value is -2.08. The van der Waals surface area contributed by atoms with E-state index < -0.39 is 17.8 Å². The molecule has 0 aliphatic carbocycles. The number of nitrogens with two attached hydrogens (primary N) is 1. The maximum atomic E-state index is 11.4. The van der Waals surface area contributed by atoms with Crippen LogP contribution in [0.1, 0.15) is 12.5 Å². The van der Waals surface area contributed by atoms with Gasteiger partial charge in [0, 0.05) is 0 Å². The molecule has 1 aromatic carbocycles.